The SMILES string of the molecule is Cc1cc(C(=O)NCC2CCC(C(c3ccccc3)N(C)C)CC2)no1. The fourth-order valence-corrected chi connectivity index (χ4v) is 4.15. The molecular weight excluding hydrogens is 326 g/mol. The van der Waals surface area contributed by atoms with Crippen LogP contribution in [0.25, 0.3) is 0 Å². The monoisotopic (exact) mass is 355 g/mol. The van der Waals surface area contributed by atoms with Gasteiger partial charge in [-0.25, -0.2) is 0 Å². The molecule has 1 atom stereocenters. The molecular formula is C21H29N3O2. The van der Waals surface area contributed by atoms with E-state index in [0.717, 1.165) is 19.4 Å². The van der Waals surface area contributed by atoms with Crippen molar-refractivity contribution in [1.82, 2.24) is 15.4 Å². The molecule has 1 amide bonds. The third-order valence-electron chi connectivity index (χ3n) is 5.45. The number of carbonyl (C=O) groups is 1. The minimum atomic E-state index is -0.139. The van der Waals surface area contributed by atoms with Crippen LogP contribution in [0.2, 0.25) is 0 Å². The van der Waals surface area contributed by atoms with Crippen molar-refractivity contribution in [1.29, 1.82) is 0 Å². The van der Waals surface area contributed by atoms with E-state index < -0.39 is 0 Å². The zero-order valence-electron chi connectivity index (χ0n) is 15.9. The van der Waals surface area contributed by atoms with Crippen LogP contribution in [0.1, 0.15) is 53.5 Å². The van der Waals surface area contributed by atoms with Gasteiger partial charge in [-0.15, -0.1) is 0 Å². The topological polar surface area (TPSA) is 58.4 Å². The number of carbonyl (C=O) groups excluding carboxylic acids is 1. The van der Waals surface area contributed by atoms with Gasteiger partial charge < -0.3 is 14.7 Å². The van der Waals surface area contributed by atoms with Crippen LogP contribution in [-0.2, 0) is 0 Å². The van der Waals surface area contributed by atoms with Crippen molar-refractivity contribution < 1.29 is 9.32 Å². The molecule has 0 bridgehead atoms. The van der Waals surface area contributed by atoms with E-state index in [2.05, 4.69) is 59.8 Å². The van der Waals surface area contributed by atoms with Crippen molar-refractivity contribution in [2.45, 2.75) is 38.6 Å². The second-order valence-corrected chi connectivity index (χ2v) is 7.63. The minimum Gasteiger partial charge on any atom is -0.361 e. The molecule has 1 aromatic heterocycles. The van der Waals surface area contributed by atoms with E-state index in [1.54, 1.807) is 13.0 Å². The first kappa shape index (κ1) is 18.6. The second-order valence-electron chi connectivity index (χ2n) is 7.63. The molecule has 2 aromatic rings. The molecule has 5 nitrogen and oxygen atoms in total. The zero-order valence-corrected chi connectivity index (χ0v) is 15.9. The number of hydrogen-bond acceptors (Lipinski definition) is 4. The number of benzene rings is 1. The molecule has 26 heavy (non-hydrogen) atoms. The van der Waals surface area contributed by atoms with Crippen molar-refractivity contribution in [2.24, 2.45) is 11.8 Å². The molecule has 1 saturated carbocycles. The minimum absolute atomic E-state index is 0.139. The summed E-state index contributed by atoms with van der Waals surface area (Å²) in [5.41, 5.74) is 1.77. The van der Waals surface area contributed by atoms with Crippen molar-refractivity contribution in [3.05, 3.63) is 53.4 Å². The van der Waals surface area contributed by atoms with E-state index in [9.17, 15) is 4.79 Å². The van der Waals surface area contributed by atoms with E-state index in [1.165, 1.54) is 18.4 Å². The Balaban J connectivity index is 1.51. The van der Waals surface area contributed by atoms with Crippen LogP contribution in [0, 0.1) is 18.8 Å². The Morgan fingerprint density at radius 2 is 1.92 bits per heavy atom. The fourth-order valence-electron chi connectivity index (χ4n) is 4.15. The Bertz CT molecular complexity index is 703. The highest BCUT2D eigenvalue weighted by Crippen LogP contribution is 2.39. The summed E-state index contributed by atoms with van der Waals surface area (Å²) in [6.45, 7) is 2.51. The molecule has 0 aliphatic heterocycles. The summed E-state index contributed by atoms with van der Waals surface area (Å²) in [6, 6.07) is 12.9. The Morgan fingerprint density at radius 1 is 1.23 bits per heavy atom. The lowest BCUT2D eigenvalue weighted by molar-refractivity contribution is 0.0925. The van der Waals surface area contributed by atoms with Crippen LogP contribution < -0.4 is 5.32 Å². The van der Waals surface area contributed by atoms with E-state index >= 15 is 0 Å². The van der Waals surface area contributed by atoms with E-state index in [-0.39, 0.29) is 5.91 Å². The number of hydrogen-bond donors (Lipinski definition) is 1. The molecule has 1 aliphatic carbocycles. The first-order valence-corrected chi connectivity index (χ1v) is 9.47. The van der Waals surface area contributed by atoms with Gasteiger partial charge in [0.2, 0.25) is 0 Å². The predicted octanol–water partition coefficient (Wildman–Crippen LogP) is 3.82. The normalized spacial score (nSPS) is 21.5. The van der Waals surface area contributed by atoms with Gasteiger partial charge in [-0.05, 0) is 64.1 Å². The highest BCUT2D eigenvalue weighted by Gasteiger charge is 2.30. The summed E-state index contributed by atoms with van der Waals surface area (Å²) in [5.74, 6) is 1.73. The van der Waals surface area contributed by atoms with Crippen molar-refractivity contribution in [2.75, 3.05) is 20.6 Å². The Morgan fingerprint density at radius 3 is 2.50 bits per heavy atom. The van der Waals surface area contributed by atoms with Crippen LogP contribution in [-0.4, -0.2) is 36.6 Å². The van der Waals surface area contributed by atoms with Crippen LogP contribution in [0.3, 0.4) is 0 Å². The maximum atomic E-state index is 12.1. The van der Waals surface area contributed by atoms with E-state index in [0.29, 0.717) is 29.3 Å². The smallest absolute Gasteiger partial charge is 0.273 e. The van der Waals surface area contributed by atoms with Gasteiger partial charge in [0.1, 0.15) is 5.76 Å². The Kier molecular flexibility index (Phi) is 6.09. The number of aromatic nitrogens is 1. The molecule has 0 spiro atoms. The molecule has 1 fully saturated rings. The number of nitrogens with one attached hydrogen (secondary N) is 1. The van der Waals surface area contributed by atoms with Crippen LogP contribution in [0.15, 0.2) is 40.9 Å². The lowest BCUT2D eigenvalue weighted by Gasteiger charge is -2.37. The molecule has 1 aromatic carbocycles. The van der Waals surface area contributed by atoms with Gasteiger partial charge in [0, 0.05) is 18.7 Å². The lowest BCUT2D eigenvalue weighted by Crippen LogP contribution is -2.34. The Hall–Kier alpha value is -2.14. The maximum absolute atomic E-state index is 12.1. The molecule has 0 radical (unpaired) electrons. The molecule has 0 saturated heterocycles. The Labute approximate surface area is 155 Å². The summed E-state index contributed by atoms with van der Waals surface area (Å²) in [6.07, 6.45) is 4.70. The number of aryl methyl sites for hydroxylation is 1. The molecule has 1 aliphatic rings. The summed E-state index contributed by atoms with van der Waals surface area (Å²) >= 11 is 0. The first-order chi connectivity index (χ1) is 12.5. The van der Waals surface area contributed by atoms with Gasteiger partial charge in [-0.1, -0.05) is 35.5 Å². The highest BCUT2D eigenvalue weighted by molar-refractivity contribution is 5.92. The maximum Gasteiger partial charge on any atom is 0.273 e. The summed E-state index contributed by atoms with van der Waals surface area (Å²) < 4.78 is 4.97. The fraction of sp³-hybridized carbons (Fsp3) is 0.524. The van der Waals surface area contributed by atoms with Gasteiger partial charge in [0.25, 0.3) is 5.91 Å². The number of nitrogens with zero attached hydrogens (tertiary/aromatic N) is 2. The number of rotatable bonds is 6. The summed E-state index contributed by atoms with van der Waals surface area (Å²) in [5, 5.41) is 6.78. The molecule has 1 unspecified atom stereocenters. The largest absolute Gasteiger partial charge is 0.361 e. The van der Waals surface area contributed by atoms with Crippen LogP contribution in [0.4, 0.5) is 0 Å². The highest BCUT2D eigenvalue weighted by atomic mass is 16.5. The molecule has 140 valence electrons. The summed E-state index contributed by atoms with van der Waals surface area (Å²) in [7, 11) is 4.34. The van der Waals surface area contributed by atoms with Gasteiger partial charge in [0.15, 0.2) is 5.69 Å². The zero-order chi connectivity index (χ0) is 18.5. The average molecular weight is 355 g/mol. The third kappa shape index (κ3) is 4.52. The first-order valence-electron chi connectivity index (χ1n) is 9.47. The van der Waals surface area contributed by atoms with Crippen LogP contribution in [0.5, 0.6) is 0 Å². The van der Waals surface area contributed by atoms with E-state index in [4.69, 9.17) is 4.52 Å². The average Bonchev–Trinajstić information content (AvgIpc) is 3.08. The van der Waals surface area contributed by atoms with E-state index in [1.807, 2.05) is 0 Å². The summed E-state index contributed by atoms with van der Waals surface area (Å²) in [4.78, 5) is 14.4. The van der Waals surface area contributed by atoms with Gasteiger partial charge in [-0.3, -0.25) is 4.79 Å². The molecule has 5 heteroatoms. The van der Waals surface area contributed by atoms with Crippen molar-refractivity contribution in [3.8, 4) is 0 Å². The van der Waals surface area contributed by atoms with Crippen molar-refractivity contribution >= 4 is 5.91 Å². The standard InChI is InChI=1S/C21H29N3O2/c1-15-13-19(23-26-15)21(25)22-14-16-9-11-18(12-10-16)20(24(2)3)17-7-5-4-6-8-17/h4-8,13,16,18,20H,9-12,14H2,1-3H3,(H,22,25). The van der Waals surface area contributed by atoms with Gasteiger partial charge in [-0.2, -0.15) is 0 Å². The third-order valence-corrected chi connectivity index (χ3v) is 5.45. The quantitative estimate of drug-likeness (QED) is 0.856. The van der Waals surface area contributed by atoms with Crippen molar-refractivity contribution in [3.63, 3.8) is 0 Å². The molecule has 1 heterocycles. The number of amides is 1. The van der Waals surface area contributed by atoms with Gasteiger partial charge >= 0.3 is 0 Å². The van der Waals surface area contributed by atoms with Gasteiger partial charge in [0.05, 0.1) is 0 Å². The second kappa shape index (κ2) is 8.49. The van der Waals surface area contributed by atoms with Crippen LogP contribution >= 0.6 is 0 Å². The lowest BCUT2D eigenvalue weighted by atomic mass is 9.76. The molecule has 3 rings (SSSR count). The molecule has 1 N–H and O–H groups in total. The predicted molar refractivity (Wildman–Crippen MR) is 102 cm³/mol.